The second kappa shape index (κ2) is 6.36. The van der Waals surface area contributed by atoms with Crippen LogP contribution in [-0.2, 0) is 11.2 Å². The second-order valence-electron chi connectivity index (χ2n) is 4.27. The molecule has 1 aliphatic rings. The van der Waals surface area contributed by atoms with Gasteiger partial charge in [-0.2, -0.15) is 0 Å². The molecule has 0 aromatic heterocycles. The van der Waals surface area contributed by atoms with Crippen LogP contribution in [0, 0.1) is 5.82 Å². The molecule has 1 atom stereocenters. The predicted molar refractivity (Wildman–Crippen MR) is 71.5 cm³/mol. The highest BCUT2D eigenvalue weighted by molar-refractivity contribution is 6.31. The van der Waals surface area contributed by atoms with Crippen molar-refractivity contribution in [1.82, 2.24) is 4.90 Å². The third-order valence-corrected chi connectivity index (χ3v) is 3.32. The zero-order chi connectivity index (χ0) is 12.4. The fourth-order valence-electron chi connectivity index (χ4n) is 1.98. The van der Waals surface area contributed by atoms with Crippen molar-refractivity contribution in [3.05, 3.63) is 34.6 Å². The van der Waals surface area contributed by atoms with E-state index >= 15 is 0 Å². The Morgan fingerprint density at radius 1 is 1.56 bits per heavy atom. The SMILES string of the molecule is Cl.NC1CCN(C(=O)Cc2c(F)cccc2Cl)C1. The molecule has 1 heterocycles. The van der Waals surface area contributed by atoms with Crippen molar-refractivity contribution in [2.45, 2.75) is 18.9 Å². The van der Waals surface area contributed by atoms with Gasteiger partial charge in [-0.25, -0.2) is 4.39 Å². The van der Waals surface area contributed by atoms with E-state index in [4.69, 9.17) is 17.3 Å². The maximum atomic E-state index is 13.5. The van der Waals surface area contributed by atoms with E-state index in [1.165, 1.54) is 12.1 Å². The van der Waals surface area contributed by atoms with Gasteiger partial charge in [0.05, 0.1) is 6.42 Å². The summed E-state index contributed by atoms with van der Waals surface area (Å²) in [6.07, 6.45) is 0.801. The summed E-state index contributed by atoms with van der Waals surface area (Å²) in [6.45, 7) is 1.19. The molecule has 1 amide bonds. The van der Waals surface area contributed by atoms with Gasteiger partial charge in [-0.1, -0.05) is 17.7 Å². The number of halogens is 3. The molecule has 18 heavy (non-hydrogen) atoms. The van der Waals surface area contributed by atoms with Crippen LogP contribution in [0.3, 0.4) is 0 Å². The Labute approximate surface area is 116 Å². The topological polar surface area (TPSA) is 46.3 Å². The number of amides is 1. The average molecular weight is 293 g/mol. The standard InChI is InChI=1S/C12H14ClFN2O.ClH/c13-10-2-1-3-11(14)9(10)6-12(17)16-5-4-8(15)7-16;/h1-3,8H,4-7,15H2;1H. The average Bonchev–Trinajstić information content (AvgIpc) is 2.70. The molecule has 1 aromatic carbocycles. The molecule has 0 radical (unpaired) electrons. The Hall–Kier alpha value is -0.840. The molecular formula is C12H15Cl2FN2O. The van der Waals surface area contributed by atoms with E-state index in [2.05, 4.69) is 0 Å². The number of nitrogens with two attached hydrogens (primary N) is 1. The van der Waals surface area contributed by atoms with E-state index in [0.29, 0.717) is 18.1 Å². The molecule has 0 saturated carbocycles. The van der Waals surface area contributed by atoms with Crippen molar-refractivity contribution in [2.75, 3.05) is 13.1 Å². The zero-order valence-electron chi connectivity index (χ0n) is 9.73. The van der Waals surface area contributed by atoms with E-state index in [0.717, 1.165) is 6.42 Å². The monoisotopic (exact) mass is 292 g/mol. The first kappa shape index (κ1) is 15.2. The molecule has 1 aliphatic heterocycles. The number of hydrogen-bond donors (Lipinski definition) is 1. The van der Waals surface area contributed by atoms with E-state index in [9.17, 15) is 9.18 Å². The van der Waals surface area contributed by atoms with Gasteiger partial charge >= 0.3 is 0 Å². The molecule has 1 fully saturated rings. The predicted octanol–water partition coefficient (Wildman–Crippen LogP) is 2.00. The summed E-state index contributed by atoms with van der Waals surface area (Å²) in [5.74, 6) is -0.556. The van der Waals surface area contributed by atoms with Crippen LogP contribution in [0.25, 0.3) is 0 Å². The Balaban J connectivity index is 0.00000162. The van der Waals surface area contributed by atoms with Gasteiger partial charge in [-0.05, 0) is 18.6 Å². The molecular weight excluding hydrogens is 278 g/mol. The third kappa shape index (κ3) is 3.34. The maximum absolute atomic E-state index is 13.5. The Bertz CT molecular complexity index is 422. The molecule has 0 bridgehead atoms. The van der Waals surface area contributed by atoms with Gasteiger partial charge in [0, 0.05) is 29.7 Å². The zero-order valence-corrected chi connectivity index (χ0v) is 11.3. The number of hydrogen-bond acceptors (Lipinski definition) is 2. The van der Waals surface area contributed by atoms with Crippen LogP contribution in [0.1, 0.15) is 12.0 Å². The molecule has 2 rings (SSSR count). The van der Waals surface area contributed by atoms with Crippen molar-refractivity contribution in [3.8, 4) is 0 Å². The molecule has 0 aliphatic carbocycles. The largest absolute Gasteiger partial charge is 0.341 e. The van der Waals surface area contributed by atoms with Crippen molar-refractivity contribution >= 4 is 29.9 Å². The number of nitrogens with zero attached hydrogens (tertiary/aromatic N) is 1. The lowest BCUT2D eigenvalue weighted by Gasteiger charge is -2.16. The highest BCUT2D eigenvalue weighted by atomic mass is 35.5. The number of likely N-dealkylation sites (tertiary alicyclic amines) is 1. The third-order valence-electron chi connectivity index (χ3n) is 2.97. The minimum absolute atomic E-state index is 0. The van der Waals surface area contributed by atoms with Crippen LogP contribution in [-0.4, -0.2) is 29.9 Å². The van der Waals surface area contributed by atoms with E-state index in [1.807, 2.05) is 0 Å². The number of carbonyl (C=O) groups is 1. The molecule has 3 nitrogen and oxygen atoms in total. The molecule has 100 valence electrons. The summed E-state index contributed by atoms with van der Waals surface area (Å²) in [6, 6.07) is 4.46. The second-order valence-corrected chi connectivity index (χ2v) is 4.67. The Morgan fingerprint density at radius 2 is 2.28 bits per heavy atom. The van der Waals surface area contributed by atoms with Crippen molar-refractivity contribution in [2.24, 2.45) is 5.73 Å². The van der Waals surface area contributed by atoms with Gasteiger partial charge < -0.3 is 10.6 Å². The van der Waals surface area contributed by atoms with E-state index in [-0.39, 0.29) is 36.3 Å². The van der Waals surface area contributed by atoms with Crippen molar-refractivity contribution in [3.63, 3.8) is 0 Å². The van der Waals surface area contributed by atoms with Crippen LogP contribution in [0.2, 0.25) is 5.02 Å². The van der Waals surface area contributed by atoms with Crippen LogP contribution in [0.4, 0.5) is 4.39 Å². The summed E-state index contributed by atoms with van der Waals surface area (Å²) in [5.41, 5.74) is 5.99. The van der Waals surface area contributed by atoms with Crippen LogP contribution >= 0.6 is 24.0 Å². The lowest BCUT2D eigenvalue weighted by atomic mass is 10.1. The van der Waals surface area contributed by atoms with Crippen molar-refractivity contribution < 1.29 is 9.18 Å². The van der Waals surface area contributed by atoms with Gasteiger partial charge in [-0.3, -0.25) is 4.79 Å². The molecule has 1 saturated heterocycles. The van der Waals surface area contributed by atoms with E-state index < -0.39 is 5.82 Å². The summed E-state index contributed by atoms with van der Waals surface area (Å²) in [7, 11) is 0. The summed E-state index contributed by atoms with van der Waals surface area (Å²) in [5, 5.41) is 0.293. The minimum atomic E-state index is -0.436. The smallest absolute Gasteiger partial charge is 0.227 e. The first-order chi connectivity index (χ1) is 8.08. The van der Waals surface area contributed by atoms with E-state index in [1.54, 1.807) is 11.0 Å². The first-order valence-electron chi connectivity index (χ1n) is 5.54. The fraction of sp³-hybridized carbons (Fsp3) is 0.417. The molecule has 0 spiro atoms. The molecule has 2 N–H and O–H groups in total. The van der Waals surface area contributed by atoms with Gasteiger partial charge in [0.1, 0.15) is 5.82 Å². The Morgan fingerprint density at radius 3 is 2.83 bits per heavy atom. The normalized spacial score (nSPS) is 18.6. The highest BCUT2D eigenvalue weighted by Gasteiger charge is 2.24. The number of carbonyl (C=O) groups excluding carboxylic acids is 1. The van der Waals surface area contributed by atoms with Gasteiger partial charge in [0.2, 0.25) is 5.91 Å². The fourth-order valence-corrected chi connectivity index (χ4v) is 2.21. The molecule has 1 aromatic rings. The van der Waals surface area contributed by atoms with Gasteiger partial charge in [-0.15, -0.1) is 12.4 Å². The van der Waals surface area contributed by atoms with Crippen molar-refractivity contribution in [1.29, 1.82) is 0 Å². The lowest BCUT2D eigenvalue weighted by molar-refractivity contribution is -0.129. The number of benzene rings is 1. The number of rotatable bonds is 2. The lowest BCUT2D eigenvalue weighted by Crippen LogP contribution is -2.33. The minimum Gasteiger partial charge on any atom is -0.341 e. The maximum Gasteiger partial charge on any atom is 0.227 e. The summed E-state index contributed by atoms with van der Waals surface area (Å²) in [4.78, 5) is 13.6. The van der Waals surface area contributed by atoms with Gasteiger partial charge in [0.25, 0.3) is 0 Å². The van der Waals surface area contributed by atoms with Gasteiger partial charge in [0.15, 0.2) is 0 Å². The van der Waals surface area contributed by atoms with Crippen LogP contribution in [0.15, 0.2) is 18.2 Å². The highest BCUT2D eigenvalue weighted by Crippen LogP contribution is 2.20. The first-order valence-corrected chi connectivity index (χ1v) is 5.92. The quantitative estimate of drug-likeness (QED) is 0.906. The Kier molecular flexibility index (Phi) is 5.38. The summed E-state index contributed by atoms with van der Waals surface area (Å²) < 4.78 is 13.5. The molecule has 1 unspecified atom stereocenters. The summed E-state index contributed by atoms with van der Waals surface area (Å²) >= 11 is 5.87. The molecule has 6 heteroatoms. The van der Waals surface area contributed by atoms with Crippen LogP contribution < -0.4 is 5.73 Å². The van der Waals surface area contributed by atoms with Crippen LogP contribution in [0.5, 0.6) is 0 Å².